The smallest absolute Gasteiger partial charge is 0.146 e. The summed E-state index contributed by atoms with van der Waals surface area (Å²) in [7, 11) is 1.96. The van der Waals surface area contributed by atoms with E-state index in [1.165, 1.54) is 5.56 Å². The summed E-state index contributed by atoms with van der Waals surface area (Å²) in [6.07, 6.45) is 3.69. The summed E-state index contributed by atoms with van der Waals surface area (Å²) >= 11 is 3.55. The molecular formula is C14H18BrN3O. The van der Waals surface area contributed by atoms with Gasteiger partial charge in [0, 0.05) is 30.5 Å². The highest BCUT2D eigenvalue weighted by Crippen LogP contribution is 2.23. The summed E-state index contributed by atoms with van der Waals surface area (Å²) in [5.41, 5.74) is 1.19. The molecule has 0 saturated carbocycles. The van der Waals surface area contributed by atoms with Crippen LogP contribution < -0.4 is 10.1 Å². The third-order valence-electron chi connectivity index (χ3n) is 2.87. The van der Waals surface area contributed by atoms with Gasteiger partial charge in [0.25, 0.3) is 0 Å². The van der Waals surface area contributed by atoms with E-state index in [0.29, 0.717) is 6.61 Å². The van der Waals surface area contributed by atoms with Crippen LogP contribution in [0.4, 0.5) is 0 Å². The van der Waals surface area contributed by atoms with Crippen molar-refractivity contribution in [2.24, 2.45) is 7.05 Å². The maximum absolute atomic E-state index is 5.77. The number of imidazole rings is 1. The maximum Gasteiger partial charge on any atom is 0.146 e. The van der Waals surface area contributed by atoms with E-state index in [9.17, 15) is 0 Å². The molecule has 0 aliphatic rings. The SMILES string of the molecule is CCNCc1cc(OCc2nccn2C)ccc1Br. The van der Waals surface area contributed by atoms with Gasteiger partial charge in [0.15, 0.2) is 0 Å². The van der Waals surface area contributed by atoms with Crippen molar-refractivity contribution in [2.75, 3.05) is 6.54 Å². The fourth-order valence-corrected chi connectivity index (χ4v) is 2.11. The minimum Gasteiger partial charge on any atom is -0.486 e. The number of halogens is 1. The van der Waals surface area contributed by atoms with Crippen LogP contribution in [0.15, 0.2) is 35.1 Å². The number of nitrogens with zero attached hydrogens (tertiary/aromatic N) is 2. The molecule has 4 nitrogen and oxygen atoms in total. The largest absolute Gasteiger partial charge is 0.486 e. The molecule has 0 spiro atoms. The molecule has 0 radical (unpaired) electrons. The molecule has 0 fully saturated rings. The lowest BCUT2D eigenvalue weighted by atomic mass is 10.2. The third kappa shape index (κ3) is 3.81. The van der Waals surface area contributed by atoms with Crippen LogP contribution in [0.3, 0.4) is 0 Å². The number of nitrogens with one attached hydrogen (secondary N) is 1. The quantitative estimate of drug-likeness (QED) is 0.888. The molecule has 102 valence electrons. The van der Waals surface area contributed by atoms with E-state index < -0.39 is 0 Å². The average Bonchev–Trinajstić information content (AvgIpc) is 2.82. The predicted molar refractivity (Wildman–Crippen MR) is 79.1 cm³/mol. The first-order valence-electron chi connectivity index (χ1n) is 6.29. The standard InChI is InChI=1S/C14H18BrN3O/c1-3-16-9-11-8-12(4-5-13(11)15)19-10-14-17-6-7-18(14)2/h4-8,16H,3,9-10H2,1-2H3. The Morgan fingerprint density at radius 3 is 2.95 bits per heavy atom. The highest BCUT2D eigenvalue weighted by atomic mass is 79.9. The molecule has 19 heavy (non-hydrogen) atoms. The van der Waals surface area contributed by atoms with E-state index in [1.54, 1.807) is 6.20 Å². The van der Waals surface area contributed by atoms with Gasteiger partial charge in [-0.25, -0.2) is 4.98 Å². The van der Waals surface area contributed by atoms with E-state index in [1.807, 2.05) is 29.9 Å². The summed E-state index contributed by atoms with van der Waals surface area (Å²) in [5, 5.41) is 3.31. The van der Waals surface area contributed by atoms with Gasteiger partial charge in [0.1, 0.15) is 18.2 Å². The van der Waals surface area contributed by atoms with Crippen LogP contribution >= 0.6 is 15.9 Å². The number of benzene rings is 1. The summed E-state index contributed by atoms with van der Waals surface area (Å²) < 4.78 is 8.83. The number of hydrogen-bond donors (Lipinski definition) is 1. The summed E-state index contributed by atoms with van der Waals surface area (Å²) in [5.74, 6) is 1.77. The molecule has 1 aromatic heterocycles. The van der Waals surface area contributed by atoms with Crippen LogP contribution in [-0.2, 0) is 20.2 Å². The minimum atomic E-state index is 0.478. The summed E-state index contributed by atoms with van der Waals surface area (Å²) in [6.45, 7) is 4.35. The zero-order valence-electron chi connectivity index (χ0n) is 11.2. The molecule has 5 heteroatoms. The zero-order valence-corrected chi connectivity index (χ0v) is 12.8. The lowest BCUT2D eigenvalue weighted by Crippen LogP contribution is -2.12. The Balaban J connectivity index is 2.02. The first-order chi connectivity index (χ1) is 9.20. The second-order valence-corrected chi connectivity index (χ2v) is 5.13. The average molecular weight is 324 g/mol. The van der Waals surface area contributed by atoms with Crippen molar-refractivity contribution >= 4 is 15.9 Å². The van der Waals surface area contributed by atoms with Gasteiger partial charge in [-0.1, -0.05) is 22.9 Å². The van der Waals surface area contributed by atoms with Gasteiger partial charge < -0.3 is 14.6 Å². The Morgan fingerprint density at radius 2 is 2.26 bits per heavy atom. The van der Waals surface area contributed by atoms with Crippen molar-refractivity contribution in [1.29, 1.82) is 0 Å². The lowest BCUT2D eigenvalue weighted by Gasteiger charge is -2.10. The normalized spacial score (nSPS) is 10.7. The van der Waals surface area contributed by atoms with Crippen LogP contribution in [0.2, 0.25) is 0 Å². The third-order valence-corrected chi connectivity index (χ3v) is 3.65. The number of ether oxygens (including phenoxy) is 1. The van der Waals surface area contributed by atoms with Gasteiger partial charge in [-0.15, -0.1) is 0 Å². The van der Waals surface area contributed by atoms with Crippen molar-refractivity contribution in [3.05, 3.63) is 46.5 Å². The Morgan fingerprint density at radius 1 is 1.42 bits per heavy atom. The van der Waals surface area contributed by atoms with Gasteiger partial charge in [0.2, 0.25) is 0 Å². The summed E-state index contributed by atoms with van der Waals surface area (Å²) in [4.78, 5) is 4.24. The zero-order chi connectivity index (χ0) is 13.7. The fraction of sp³-hybridized carbons (Fsp3) is 0.357. The van der Waals surface area contributed by atoms with Gasteiger partial charge in [-0.05, 0) is 30.3 Å². The van der Waals surface area contributed by atoms with E-state index in [0.717, 1.165) is 29.1 Å². The highest BCUT2D eigenvalue weighted by molar-refractivity contribution is 9.10. The van der Waals surface area contributed by atoms with Crippen molar-refractivity contribution in [1.82, 2.24) is 14.9 Å². The molecule has 1 heterocycles. The van der Waals surface area contributed by atoms with E-state index in [2.05, 4.69) is 39.2 Å². The van der Waals surface area contributed by atoms with Crippen LogP contribution in [0.1, 0.15) is 18.3 Å². The Labute approximate surface area is 121 Å². The second kappa shape index (κ2) is 6.73. The molecule has 1 N–H and O–H groups in total. The molecule has 0 atom stereocenters. The lowest BCUT2D eigenvalue weighted by molar-refractivity contribution is 0.291. The molecule has 0 unspecified atom stereocenters. The highest BCUT2D eigenvalue weighted by Gasteiger charge is 2.04. The minimum absolute atomic E-state index is 0.478. The molecule has 0 aliphatic carbocycles. The van der Waals surface area contributed by atoms with Crippen LogP contribution in [0.5, 0.6) is 5.75 Å². The first-order valence-corrected chi connectivity index (χ1v) is 7.08. The van der Waals surface area contributed by atoms with Crippen molar-refractivity contribution in [2.45, 2.75) is 20.1 Å². The molecule has 0 aliphatic heterocycles. The number of hydrogen-bond acceptors (Lipinski definition) is 3. The Bertz CT molecular complexity index is 539. The molecular weight excluding hydrogens is 306 g/mol. The van der Waals surface area contributed by atoms with Crippen molar-refractivity contribution < 1.29 is 4.74 Å². The molecule has 0 bridgehead atoms. The monoisotopic (exact) mass is 323 g/mol. The van der Waals surface area contributed by atoms with E-state index >= 15 is 0 Å². The molecule has 2 aromatic rings. The molecule has 2 rings (SSSR count). The van der Waals surface area contributed by atoms with Gasteiger partial charge in [-0.3, -0.25) is 0 Å². The van der Waals surface area contributed by atoms with Gasteiger partial charge in [-0.2, -0.15) is 0 Å². The number of aromatic nitrogens is 2. The molecule has 1 aromatic carbocycles. The Kier molecular flexibility index (Phi) is 4.99. The van der Waals surface area contributed by atoms with E-state index in [4.69, 9.17) is 4.74 Å². The number of rotatable bonds is 6. The topological polar surface area (TPSA) is 39.1 Å². The Hall–Kier alpha value is -1.33. The van der Waals surface area contributed by atoms with Gasteiger partial charge >= 0.3 is 0 Å². The maximum atomic E-state index is 5.77. The van der Waals surface area contributed by atoms with Gasteiger partial charge in [0.05, 0.1) is 0 Å². The summed E-state index contributed by atoms with van der Waals surface area (Å²) in [6, 6.07) is 6.03. The van der Waals surface area contributed by atoms with Crippen molar-refractivity contribution in [3.63, 3.8) is 0 Å². The van der Waals surface area contributed by atoms with Crippen LogP contribution in [0.25, 0.3) is 0 Å². The first kappa shape index (κ1) is 14.1. The number of aryl methyl sites for hydroxylation is 1. The van der Waals surface area contributed by atoms with Crippen LogP contribution in [-0.4, -0.2) is 16.1 Å². The van der Waals surface area contributed by atoms with Crippen molar-refractivity contribution in [3.8, 4) is 5.75 Å². The van der Waals surface area contributed by atoms with Crippen LogP contribution in [0, 0.1) is 0 Å². The second-order valence-electron chi connectivity index (χ2n) is 4.28. The van der Waals surface area contributed by atoms with E-state index in [-0.39, 0.29) is 0 Å². The molecule has 0 amide bonds. The fourth-order valence-electron chi connectivity index (χ4n) is 1.72. The molecule has 0 saturated heterocycles. The predicted octanol–water partition coefficient (Wildman–Crippen LogP) is 2.87.